The Hall–Kier alpha value is -0.810. The quantitative estimate of drug-likeness (QED) is 0.678. The molecule has 0 spiro atoms. The van der Waals surface area contributed by atoms with Crippen LogP contribution in [-0.4, -0.2) is 31.8 Å². The van der Waals surface area contributed by atoms with Crippen molar-refractivity contribution in [3.05, 3.63) is 12.4 Å². The number of imidazole rings is 1. The number of Topliss-reactive ketones (excluding diaryl/α,β-unsaturated/α-hetero) is 1. The van der Waals surface area contributed by atoms with Crippen LogP contribution < -0.4 is 0 Å². The van der Waals surface area contributed by atoms with Gasteiger partial charge in [-0.05, 0) is 74.0 Å². The minimum Gasteiger partial charge on any atom is -0.388 e. The summed E-state index contributed by atoms with van der Waals surface area (Å²) in [5.41, 5.74) is -0.279. The van der Waals surface area contributed by atoms with Crippen molar-refractivity contribution in [1.29, 1.82) is 0 Å². The summed E-state index contributed by atoms with van der Waals surface area (Å²) in [6, 6.07) is 0. The summed E-state index contributed by atoms with van der Waals surface area (Å²) < 4.78 is 2.05. The van der Waals surface area contributed by atoms with Crippen LogP contribution in [0.2, 0.25) is 0 Å². The Kier molecular flexibility index (Phi) is 4.98. The van der Waals surface area contributed by atoms with Gasteiger partial charge in [0.2, 0.25) is 0 Å². The van der Waals surface area contributed by atoms with Crippen molar-refractivity contribution in [3.8, 4) is 0 Å². The van der Waals surface area contributed by atoms with E-state index >= 15 is 0 Å². The highest BCUT2D eigenvalue weighted by Gasteiger charge is 2.64. The zero-order valence-electron chi connectivity index (χ0n) is 19.1. The van der Waals surface area contributed by atoms with E-state index in [9.17, 15) is 9.90 Å². The zero-order valence-corrected chi connectivity index (χ0v) is 19.9. The first-order valence-electron chi connectivity index (χ1n) is 12.0. The van der Waals surface area contributed by atoms with E-state index in [0.717, 1.165) is 54.8 Å². The third-order valence-electron chi connectivity index (χ3n) is 10.3. The van der Waals surface area contributed by atoms with E-state index in [1.807, 2.05) is 24.0 Å². The molecule has 166 valence electrons. The van der Waals surface area contributed by atoms with Gasteiger partial charge in [-0.15, -0.1) is 0 Å². The van der Waals surface area contributed by atoms with Crippen molar-refractivity contribution in [2.24, 2.45) is 47.5 Å². The van der Waals surface area contributed by atoms with Crippen LogP contribution in [-0.2, 0) is 11.8 Å². The molecular weight excluding hydrogens is 392 g/mol. The predicted molar refractivity (Wildman–Crippen MR) is 120 cm³/mol. The summed E-state index contributed by atoms with van der Waals surface area (Å²) >= 11 is 1.72. The average molecular weight is 431 g/mol. The molecule has 1 aromatic rings. The minimum atomic E-state index is -0.604. The number of aryl methyl sites for hydroxylation is 1. The molecule has 4 saturated carbocycles. The molecule has 5 heteroatoms. The van der Waals surface area contributed by atoms with Crippen LogP contribution >= 0.6 is 11.8 Å². The van der Waals surface area contributed by atoms with E-state index in [0.29, 0.717) is 23.0 Å². The molecule has 4 aliphatic rings. The summed E-state index contributed by atoms with van der Waals surface area (Å²) in [7, 11) is 2.03. The molecule has 1 N–H and O–H groups in total. The summed E-state index contributed by atoms with van der Waals surface area (Å²) in [5, 5.41) is 12.9. The van der Waals surface area contributed by atoms with Crippen LogP contribution in [0.3, 0.4) is 0 Å². The van der Waals surface area contributed by atoms with Gasteiger partial charge in [0.05, 0.1) is 5.60 Å². The number of carbonyl (C=O) groups excluding carboxylic acids is 1. The summed E-state index contributed by atoms with van der Waals surface area (Å²) in [6.07, 6.45) is 12.6. The lowest BCUT2D eigenvalue weighted by atomic mass is 9.44. The standard InChI is InChI=1S/C25H38N2O2S/c1-16-14-23(2)17(13-21(16)28)5-6-18-19(23)7-9-24(3)20(18)8-10-25(24,29)15-30-22-26-11-12-27(22)4/h11-12,16-20,29H,5-10,13-15H2,1-4H3/t16-,17?,18?,19?,20?,23?,24?,25-/m1/s1. The van der Waals surface area contributed by atoms with Gasteiger partial charge in [-0.2, -0.15) is 0 Å². The molecule has 6 unspecified atom stereocenters. The van der Waals surface area contributed by atoms with Crippen LogP contribution in [0.5, 0.6) is 0 Å². The fourth-order valence-corrected chi connectivity index (χ4v) is 9.67. The summed E-state index contributed by atoms with van der Waals surface area (Å²) in [6.45, 7) is 7.06. The van der Waals surface area contributed by atoms with Crippen molar-refractivity contribution in [2.45, 2.75) is 82.9 Å². The molecule has 0 bridgehead atoms. The lowest BCUT2D eigenvalue weighted by molar-refractivity contribution is -0.157. The maximum absolute atomic E-state index is 12.4. The maximum Gasteiger partial charge on any atom is 0.167 e. The molecule has 0 saturated heterocycles. The largest absolute Gasteiger partial charge is 0.388 e. The molecule has 4 aliphatic carbocycles. The third kappa shape index (κ3) is 2.90. The summed E-state index contributed by atoms with van der Waals surface area (Å²) in [5.74, 6) is 4.13. The first-order chi connectivity index (χ1) is 14.2. The molecule has 5 rings (SSSR count). The van der Waals surface area contributed by atoms with Crippen LogP contribution in [0.15, 0.2) is 17.6 Å². The smallest absolute Gasteiger partial charge is 0.167 e. The van der Waals surface area contributed by atoms with E-state index in [-0.39, 0.29) is 11.3 Å². The van der Waals surface area contributed by atoms with Gasteiger partial charge >= 0.3 is 0 Å². The number of aromatic nitrogens is 2. The Bertz CT molecular complexity index is 839. The number of rotatable bonds is 3. The Labute approximate surface area is 185 Å². The van der Waals surface area contributed by atoms with Gasteiger partial charge in [0.1, 0.15) is 5.78 Å². The minimum absolute atomic E-state index is 0.00559. The first kappa shape index (κ1) is 21.1. The fraction of sp³-hybridized carbons (Fsp3) is 0.840. The number of nitrogens with zero attached hydrogens (tertiary/aromatic N) is 2. The fourth-order valence-electron chi connectivity index (χ4n) is 8.43. The van der Waals surface area contributed by atoms with Crippen LogP contribution in [0.25, 0.3) is 0 Å². The second kappa shape index (κ2) is 7.10. The molecule has 8 atom stereocenters. The van der Waals surface area contributed by atoms with Gasteiger partial charge in [0, 0.05) is 42.9 Å². The third-order valence-corrected chi connectivity index (χ3v) is 11.6. The van der Waals surface area contributed by atoms with Gasteiger partial charge in [0.15, 0.2) is 5.16 Å². The van der Waals surface area contributed by atoms with Gasteiger partial charge < -0.3 is 9.67 Å². The van der Waals surface area contributed by atoms with E-state index in [2.05, 4.69) is 25.8 Å². The van der Waals surface area contributed by atoms with Crippen molar-refractivity contribution in [2.75, 3.05) is 5.75 Å². The van der Waals surface area contributed by atoms with E-state index < -0.39 is 5.60 Å². The molecule has 4 nitrogen and oxygen atoms in total. The van der Waals surface area contributed by atoms with Crippen LogP contribution in [0.4, 0.5) is 0 Å². The molecule has 30 heavy (non-hydrogen) atoms. The SMILES string of the molecule is C[C@@H]1CC2(C)C(CCC3C2CCC2(C)C3CC[C@@]2(O)CSc2nccn2C)CC1=O. The van der Waals surface area contributed by atoms with Gasteiger partial charge in [-0.1, -0.05) is 32.5 Å². The summed E-state index contributed by atoms with van der Waals surface area (Å²) in [4.78, 5) is 16.9. The van der Waals surface area contributed by atoms with E-state index in [1.54, 1.807) is 11.8 Å². The van der Waals surface area contributed by atoms with Gasteiger partial charge in [-0.3, -0.25) is 4.79 Å². The van der Waals surface area contributed by atoms with Crippen molar-refractivity contribution in [1.82, 2.24) is 9.55 Å². The van der Waals surface area contributed by atoms with E-state index in [1.165, 1.54) is 19.3 Å². The Morgan fingerprint density at radius 2 is 1.97 bits per heavy atom. The molecule has 0 aliphatic heterocycles. The number of thioether (sulfide) groups is 1. The molecule has 0 radical (unpaired) electrons. The Morgan fingerprint density at radius 1 is 1.20 bits per heavy atom. The monoisotopic (exact) mass is 430 g/mol. The maximum atomic E-state index is 12.4. The molecule has 0 amide bonds. The number of fused-ring (bicyclic) bond motifs is 5. The number of aliphatic hydroxyl groups is 1. The predicted octanol–water partition coefficient (Wildman–Crippen LogP) is 5.10. The second-order valence-electron chi connectivity index (χ2n) is 11.6. The molecule has 0 aromatic carbocycles. The van der Waals surface area contributed by atoms with Crippen molar-refractivity contribution in [3.63, 3.8) is 0 Å². The average Bonchev–Trinajstić information content (AvgIpc) is 3.22. The first-order valence-corrected chi connectivity index (χ1v) is 13.0. The molecular formula is C25H38N2O2S. The number of hydrogen-bond donors (Lipinski definition) is 1. The lowest BCUT2D eigenvalue weighted by Crippen LogP contribution is -2.57. The highest BCUT2D eigenvalue weighted by atomic mass is 32.2. The van der Waals surface area contributed by atoms with Crippen LogP contribution in [0, 0.1) is 40.4 Å². The van der Waals surface area contributed by atoms with Gasteiger partial charge in [0.25, 0.3) is 0 Å². The Morgan fingerprint density at radius 3 is 2.70 bits per heavy atom. The van der Waals surface area contributed by atoms with E-state index in [4.69, 9.17) is 0 Å². The Balaban J connectivity index is 1.37. The molecule has 4 fully saturated rings. The topological polar surface area (TPSA) is 55.1 Å². The van der Waals surface area contributed by atoms with Crippen molar-refractivity contribution < 1.29 is 9.90 Å². The second-order valence-corrected chi connectivity index (χ2v) is 12.5. The normalized spacial score (nSPS) is 48.2. The van der Waals surface area contributed by atoms with Crippen LogP contribution in [0.1, 0.15) is 72.1 Å². The highest BCUT2D eigenvalue weighted by Crippen LogP contribution is 2.68. The lowest BCUT2D eigenvalue weighted by Gasteiger charge is -2.61. The number of hydrogen-bond acceptors (Lipinski definition) is 4. The molecule has 1 heterocycles. The zero-order chi connectivity index (χ0) is 21.3. The molecule has 1 aromatic heterocycles. The van der Waals surface area contributed by atoms with Gasteiger partial charge in [-0.25, -0.2) is 4.98 Å². The van der Waals surface area contributed by atoms with Crippen molar-refractivity contribution >= 4 is 17.5 Å². The number of carbonyl (C=O) groups is 1. The number of ketones is 1. The highest BCUT2D eigenvalue weighted by molar-refractivity contribution is 7.99.